The highest BCUT2D eigenvalue weighted by Crippen LogP contribution is 2.28. The summed E-state index contributed by atoms with van der Waals surface area (Å²) in [5.74, 6) is -0.0358. The number of rotatable bonds is 4. The summed E-state index contributed by atoms with van der Waals surface area (Å²) in [6, 6.07) is 15.0. The molecule has 1 aliphatic rings. The predicted molar refractivity (Wildman–Crippen MR) is 95.3 cm³/mol. The first-order valence-electron chi connectivity index (χ1n) is 8.25. The van der Waals surface area contributed by atoms with Gasteiger partial charge in [-0.25, -0.2) is 0 Å². The lowest BCUT2D eigenvalue weighted by molar-refractivity contribution is -0.136. The van der Waals surface area contributed by atoms with Crippen LogP contribution in [0.4, 0.5) is 11.4 Å². The average molecular weight is 322 g/mol. The van der Waals surface area contributed by atoms with Gasteiger partial charge in [-0.05, 0) is 48.2 Å². The first-order chi connectivity index (χ1) is 11.5. The van der Waals surface area contributed by atoms with Crippen LogP contribution in [0.1, 0.15) is 24.0 Å². The standard InChI is InChI=1S/C20H22N2O2/c21-17-5-1-13(2-6-17)9-15-11-20(24)16(12-19(15)23)10-14-3-7-18(22)8-4-14/h1-8,15-16H,9-12,21-22H2/t15-,16+. The molecular formula is C20H22N2O2. The summed E-state index contributed by atoms with van der Waals surface area (Å²) in [6.45, 7) is 0. The number of benzene rings is 2. The second-order valence-corrected chi connectivity index (χ2v) is 6.63. The Hall–Kier alpha value is -2.62. The summed E-state index contributed by atoms with van der Waals surface area (Å²) in [5, 5.41) is 0. The van der Waals surface area contributed by atoms with E-state index in [0.717, 1.165) is 11.1 Å². The molecule has 0 aromatic heterocycles. The normalized spacial score (nSPS) is 21.0. The van der Waals surface area contributed by atoms with Crippen LogP contribution >= 0.6 is 0 Å². The summed E-state index contributed by atoms with van der Waals surface area (Å²) in [7, 11) is 0. The predicted octanol–water partition coefficient (Wildman–Crippen LogP) is 2.80. The van der Waals surface area contributed by atoms with Gasteiger partial charge in [-0.2, -0.15) is 0 Å². The maximum Gasteiger partial charge on any atom is 0.137 e. The van der Waals surface area contributed by atoms with Gasteiger partial charge in [-0.15, -0.1) is 0 Å². The summed E-state index contributed by atoms with van der Waals surface area (Å²) < 4.78 is 0. The van der Waals surface area contributed by atoms with E-state index in [-0.39, 0.29) is 23.4 Å². The van der Waals surface area contributed by atoms with Crippen LogP contribution in [-0.2, 0) is 22.4 Å². The molecule has 4 heteroatoms. The van der Waals surface area contributed by atoms with Crippen LogP contribution in [0.3, 0.4) is 0 Å². The van der Waals surface area contributed by atoms with Crippen LogP contribution in [0.5, 0.6) is 0 Å². The molecule has 4 nitrogen and oxygen atoms in total. The van der Waals surface area contributed by atoms with Gasteiger partial charge in [0.2, 0.25) is 0 Å². The molecular weight excluding hydrogens is 300 g/mol. The maximum atomic E-state index is 12.5. The number of carbonyl (C=O) groups is 2. The van der Waals surface area contributed by atoms with Crippen molar-refractivity contribution in [1.82, 2.24) is 0 Å². The summed E-state index contributed by atoms with van der Waals surface area (Å²) in [5.41, 5.74) is 14.9. The zero-order chi connectivity index (χ0) is 17.1. The molecule has 0 heterocycles. The van der Waals surface area contributed by atoms with Crippen LogP contribution in [0.15, 0.2) is 48.5 Å². The molecule has 2 aromatic carbocycles. The van der Waals surface area contributed by atoms with Crippen molar-refractivity contribution >= 4 is 22.9 Å². The largest absolute Gasteiger partial charge is 0.399 e. The van der Waals surface area contributed by atoms with Gasteiger partial charge in [0.1, 0.15) is 11.6 Å². The Morgan fingerprint density at radius 2 is 1.00 bits per heavy atom. The number of Topliss-reactive ketones (excluding diaryl/α,β-unsaturated/α-hetero) is 2. The first kappa shape index (κ1) is 16.2. The Balaban J connectivity index is 1.63. The van der Waals surface area contributed by atoms with Crippen molar-refractivity contribution in [3.8, 4) is 0 Å². The SMILES string of the molecule is Nc1ccc(C[C@H]2CC(=O)[C@H](Cc3ccc(N)cc3)CC2=O)cc1. The summed E-state index contributed by atoms with van der Waals surface area (Å²) in [6.07, 6.45) is 1.89. The Morgan fingerprint density at radius 3 is 1.33 bits per heavy atom. The lowest BCUT2D eigenvalue weighted by Gasteiger charge is -2.26. The number of anilines is 2. The van der Waals surface area contributed by atoms with Gasteiger partial charge >= 0.3 is 0 Å². The van der Waals surface area contributed by atoms with E-state index < -0.39 is 0 Å². The molecule has 1 saturated carbocycles. The molecule has 0 amide bonds. The van der Waals surface area contributed by atoms with Crippen LogP contribution in [0.2, 0.25) is 0 Å². The van der Waals surface area contributed by atoms with Crippen LogP contribution in [-0.4, -0.2) is 11.6 Å². The fourth-order valence-electron chi connectivity index (χ4n) is 3.30. The molecule has 2 atom stereocenters. The van der Waals surface area contributed by atoms with E-state index >= 15 is 0 Å². The molecule has 1 aliphatic carbocycles. The molecule has 3 rings (SSSR count). The highest BCUT2D eigenvalue weighted by atomic mass is 16.1. The number of carbonyl (C=O) groups excluding carboxylic acids is 2. The molecule has 0 aliphatic heterocycles. The van der Waals surface area contributed by atoms with Crippen LogP contribution < -0.4 is 11.5 Å². The zero-order valence-electron chi connectivity index (χ0n) is 13.6. The zero-order valence-corrected chi connectivity index (χ0v) is 13.6. The number of nitrogen functional groups attached to an aromatic ring is 2. The molecule has 0 unspecified atom stereocenters. The Morgan fingerprint density at radius 1 is 0.667 bits per heavy atom. The third-order valence-corrected chi connectivity index (χ3v) is 4.73. The van der Waals surface area contributed by atoms with Crippen molar-refractivity contribution in [3.63, 3.8) is 0 Å². The van der Waals surface area contributed by atoms with Gasteiger partial charge in [0.25, 0.3) is 0 Å². The smallest absolute Gasteiger partial charge is 0.137 e. The second kappa shape index (κ2) is 6.87. The average Bonchev–Trinajstić information content (AvgIpc) is 2.56. The number of hydrogen-bond acceptors (Lipinski definition) is 4. The molecule has 1 fully saturated rings. The number of ketones is 2. The van der Waals surface area contributed by atoms with Crippen LogP contribution in [0, 0.1) is 11.8 Å². The van der Waals surface area contributed by atoms with Gasteiger partial charge in [0.15, 0.2) is 0 Å². The van der Waals surface area contributed by atoms with Gasteiger partial charge in [-0.1, -0.05) is 24.3 Å². The molecule has 4 N–H and O–H groups in total. The topological polar surface area (TPSA) is 86.2 Å². The Bertz CT molecular complexity index is 670. The van der Waals surface area contributed by atoms with E-state index in [1.807, 2.05) is 48.5 Å². The number of nitrogens with two attached hydrogens (primary N) is 2. The van der Waals surface area contributed by atoms with E-state index in [1.54, 1.807) is 0 Å². The van der Waals surface area contributed by atoms with Gasteiger partial charge in [0.05, 0.1) is 0 Å². The van der Waals surface area contributed by atoms with Crippen molar-refractivity contribution in [2.24, 2.45) is 11.8 Å². The minimum absolute atomic E-state index is 0.187. The van der Waals surface area contributed by atoms with Crippen molar-refractivity contribution < 1.29 is 9.59 Å². The van der Waals surface area contributed by atoms with Crippen molar-refractivity contribution in [2.45, 2.75) is 25.7 Å². The minimum atomic E-state index is -0.205. The molecule has 0 saturated heterocycles. The Kier molecular flexibility index (Phi) is 4.65. The first-order valence-corrected chi connectivity index (χ1v) is 8.25. The van der Waals surface area contributed by atoms with E-state index in [9.17, 15) is 9.59 Å². The maximum absolute atomic E-state index is 12.5. The summed E-state index contributed by atoms with van der Waals surface area (Å²) in [4.78, 5) is 24.9. The Labute approximate surface area is 141 Å². The van der Waals surface area contributed by atoms with Gasteiger partial charge < -0.3 is 11.5 Å². The molecule has 24 heavy (non-hydrogen) atoms. The molecule has 0 bridgehead atoms. The monoisotopic (exact) mass is 322 g/mol. The minimum Gasteiger partial charge on any atom is -0.399 e. The van der Waals surface area contributed by atoms with Crippen LogP contribution in [0.25, 0.3) is 0 Å². The number of hydrogen-bond donors (Lipinski definition) is 2. The van der Waals surface area contributed by atoms with Crippen molar-refractivity contribution in [2.75, 3.05) is 11.5 Å². The van der Waals surface area contributed by atoms with E-state index in [0.29, 0.717) is 37.1 Å². The molecule has 0 spiro atoms. The van der Waals surface area contributed by atoms with Crippen molar-refractivity contribution in [3.05, 3.63) is 59.7 Å². The fraction of sp³-hybridized carbons (Fsp3) is 0.300. The fourth-order valence-corrected chi connectivity index (χ4v) is 3.30. The highest BCUT2D eigenvalue weighted by molar-refractivity contribution is 5.96. The van der Waals surface area contributed by atoms with Gasteiger partial charge in [-0.3, -0.25) is 9.59 Å². The lowest BCUT2D eigenvalue weighted by atomic mass is 9.75. The second-order valence-electron chi connectivity index (χ2n) is 6.63. The summed E-state index contributed by atoms with van der Waals surface area (Å²) >= 11 is 0. The molecule has 124 valence electrons. The quantitative estimate of drug-likeness (QED) is 0.848. The van der Waals surface area contributed by atoms with Crippen molar-refractivity contribution in [1.29, 1.82) is 0 Å². The third kappa shape index (κ3) is 3.82. The lowest BCUT2D eigenvalue weighted by Crippen LogP contribution is -2.34. The highest BCUT2D eigenvalue weighted by Gasteiger charge is 2.34. The molecule has 2 aromatic rings. The van der Waals surface area contributed by atoms with Gasteiger partial charge in [0, 0.05) is 36.1 Å². The molecule has 0 radical (unpaired) electrons. The van der Waals surface area contributed by atoms with E-state index in [4.69, 9.17) is 11.5 Å². The van der Waals surface area contributed by atoms with E-state index in [1.165, 1.54) is 0 Å². The third-order valence-electron chi connectivity index (χ3n) is 4.73. The van der Waals surface area contributed by atoms with E-state index in [2.05, 4.69) is 0 Å².